The van der Waals surface area contributed by atoms with Crippen LogP contribution in [0.5, 0.6) is 11.5 Å². The molecule has 3 aromatic carbocycles. The number of aliphatic hydroxyl groups is 1. The van der Waals surface area contributed by atoms with Crippen LogP contribution in [0.15, 0.2) is 78.4 Å². The van der Waals surface area contributed by atoms with Gasteiger partial charge in [0, 0.05) is 19.2 Å². The van der Waals surface area contributed by atoms with E-state index < -0.39 is 17.7 Å². The van der Waals surface area contributed by atoms with E-state index in [0.717, 1.165) is 11.1 Å². The first-order valence-corrected chi connectivity index (χ1v) is 12.2. The number of hydrogen-bond donors (Lipinski definition) is 1. The number of nitrogens with zero attached hydrogens (tertiary/aromatic N) is 1. The van der Waals surface area contributed by atoms with Crippen LogP contribution in [0.3, 0.4) is 0 Å². The molecule has 3 aromatic rings. The van der Waals surface area contributed by atoms with Crippen LogP contribution in [0.2, 0.25) is 0 Å². The van der Waals surface area contributed by atoms with Gasteiger partial charge in [0.1, 0.15) is 23.9 Å². The lowest BCUT2D eigenvalue weighted by Gasteiger charge is -2.25. The monoisotopic (exact) mass is 501 g/mol. The van der Waals surface area contributed by atoms with Gasteiger partial charge in [-0.1, -0.05) is 36.4 Å². The molecule has 192 valence electrons. The van der Waals surface area contributed by atoms with Gasteiger partial charge in [-0.25, -0.2) is 0 Å². The minimum Gasteiger partial charge on any atom is -0.507 e. The minimum absolute atomic E-state index is 0.0406. The van der Waals surface area contributed by atoms with Crippen LogP contribution < -0.4 is 9.47 Å². The lowest BCUT2D eigenvalue weighted by molar-refractivity contribution is -0.140. The van der Waals surface area contributed by atoms with Crippen LogP contribution in [0, 0.1) is 6.92 Å². The average molecular weight is 502 g/mol. The molecular weight excluding hydrogens is 470 g/mol. The second-order valence-electron chi connectivity index (χ2n) is 8.73. The third-order valence-electron chi connectivity index (χ3n) is 6.37. The van der Waals surface area contributed by atoms with Crippen molar-refractivity contribution in [1.29, 1.82) is 0 Å². The number of aliphatic hydroxyl groups excluding tert-OH is 1. The molecule has 1 aliphatic heterocycles. The van der Waals surface area contributed by atoms with Gasteiger partial charge in [0.15, 0.2) is 0 Å². The number of rotatable bonds is 10. The van der Waals surface area contributed by atoms with Crippen molar-refractivity contribution in [3.8, 4) is 11.5 Å². The summed E-state index contributed by atoms with van der Waals surface area (Å²) in [6, 6.07) is 21.3. The molecule has 1 amide bonds. The number of ether oxygens (including phenoxy) is 3. The van der Waals surface area contributed by atoms with Crippen molar-refractivity contribution in [2.24, 2.45) is 0 Å². The van der Waals surface area contributed by atoms with E-state index in [1.165, 1.54) is 12.0 Å². The van der Waals surface area contributed by atoms with E-state index in [9.17, 15) is 14.7 Å². The van der Waals surface area contributed by atoms with Crippen molar-refractivity contribution in [3.63, 3.8) is 0 Å². The number of ketones is 1. The van der Waals surface area contributed by atoms with Crippen LogP contribution in [0.4, 0.5) is 0 Å². The van der Waals surface area contributed by atoms with Gasteiger partial charge in [-0.2, -0.15) is 0 Å². The molecule has 4 rings (SSSR count). The van der Waals surface area contributed by atoms with Gasteiger partial charge in [0.25, 0.3) is 11.7 Å². The predicted molar refractivity (Wildman–Crippen MR) is 140 cm³/mol. The Balaban J connectivity index is 1.64. The topological polar surface area (TPSA) is 85.3 Å². The highest BCUT2D eigenvalue weighted by Gasteiger charge is 2.45. The number of carbonyl (C=O) groups is 2. The number of aryl methyl sites for hydroxylation is 1. The zero-order chi connectivity index (χ0) is 26.4. The van der Waals surface area contributed by atoms with Gasteiger partial charge < -0.3 is 24.2 Å². The quantitative estimate of drug-likeness (QED) is 0.238. The molecule has 0 aromatic heterocycles. The maximum Gasteiger partial charge on any atom is 0.295 e. The SMILES string of the molecule is CCOc1ccc(C2C(=C(O)c3ccc(OCc4ccccc4C)cc3)C(=O)C(=O)N2CCOC)cc1. The van der Waals surface area contributed by atoms with E-state index in [1.54, 1.807) is 48.5 Å². The van der Waals surface area contributed by atoms with Crippen molar-refractivity contribution in [2.45, 2.75) is 26.5 Å². The summed E-state index contributed by atoms with van der Waals surface area (Å²) in [7, 11) is 1.53. The maximum absolute atomic E-state index is 13.1. The molecule has 1 N–H and O–H groups in total. The van der Waals surface area contributed by atoms with Gasteiger partial charge in [0.05, 0.1) is 24.8 Å². The summed E-state index contributed by atoms with van der Waals surface area (Å²) in [4.78, 5) is 27.5. The van der Waals surface area contributed by atoms with Crippen LogP contribution in [-0.2, 0) is 20.9 Å². The number of Topliss-reactive ketones (excluding diaryl/α,β-unsaturated/α-hetero) is 1. The summed E-state index contributed by atoms with van der Waals surface area (Å²) in [6.07, 6.45) is 0. The Labute approximate surface area is 216 Å². The van der Waals surface area contributed by atoms with Crippen molar-refractivity contribution in [2.75, 3.05) is 26.9 Å². The van der Waals surface area contributed by atoms with E-state index in [-0.39, 0.29) is 24.5 Å². The molecule has 1 saturated heterocycles. The van der Waals surface area contributed by atoms with Crippen LogP contribution >= 0.6 is 0 Å². The summed E-state index contributed by atoms with van der Waals surface area (Å²) in [5.41, 5.74) is 3.38. The predicted octanol–water partition coefficient (Wildman–Crippen LogP) is 5.04. The second-order valence-corrected chi connectivity index (χ2v) is 8.73. The van der Waals surface area contributed by atoms with E-state index >= 15 is 0 Å². The summed E-state index contributed by atoms with van der Waals surface area (Å²) >= 11 is 0. The maximum atomic E-state index is 13.1. The smallest absolute Gasteiger partial charge is 0.295 e. The largest absolute Gasteiger partial charge is 0.507 e. The molecule has 1 unspecified atom stereocenters. The molecule has 0 aliphatic carbocycles. The fourth-order valence-electron chi connectivity index (χ4n) is 4.36. The Morgan fingerprint density at radius 3 is 2.22 bits per heavy atom. The molecular formula is C30H31NO6. The lowest BCUT2D eigenvalue weighted by Crippen LogP contribution is -2.32. The fourth-order valence-corrected chi connectivity index (χ4v) is 4.36. The number of hydrogen-bond acceptors (Lipinski definition) is 6. The Bertz CT molecular complexity index is 1280. The van der Waals surface area contributed by atoms with Crippen molar-refractivity contribution < 1.29 is 28.9 Å². The van der Waals surface area contributed by atoms with Gasteiger partial charge in [0.2, 0.25) is 0 Å². The molecule has 1 atom stereocenters. The third-order valence-corrected chi connectivity index (χ3v) is 6.37. The number of methoxy groups -OCH3 is 1. The molecule has 7 nitrogen and oxygen atoms in total. The van der Waals surface area contributed by atoms with E-state index in [0.29, 0.717) is 35.8 Å². The highest BCUT2D eigenvalue weighted by Crippen LogP contribution is 2.39. The standard InChI is InChI=1S/C30H31NO6/c1-4-36-24-13-9-21(10-14-24)27-26(29(33)30(34)31(27)17-18-35-3)28(32)22-11-15-25(16-12-22)37-19-23-8-6-5-7-20(23)2/h5-16,27,32H,4,17-19H2,1-3H3. The zero-order valence-corrected chi connectivity index (χ0v) is 21.3. The number of benzene rings is 3. The van der Waals surface area contributed by atoms with Gasteiger partial charge >= 0.3 is 0 Å². The highest BCUT2D eigenvalue weighted by atomic mass is 16.5. The number of likely N-dealkylation sites (tertiary alicyclic amines) is 1. The summed E-state index contributed by atoms with van der Waals surface area (Å²) in [6.45, 7) is 5.33. The van der Waals surface area contributed by atoms with Gasteiger partial charge in [-0.15, -0.1) is 0 Å². The first kappa shape index (κ1) is 26.0. The van der Waals surface area contributed by atoms with E-state index in [2.05, 4.69) is 0 Å². The molecule has 1 heterocycles. The van der Waals surface area contributed by atoms with E-state index in [4.69, 9.17) is 14.2 Å². The first-order valence-electron chi connectivity index (χ1n) is 12.2. The lowest BCUT2D eigenvalue weighted by atomic mass is 9.95. The Morgan fingerprint density at radius 2 is 1.57 bits per heavy atom. The number of carbonyl (C=O) groups excluding carboxylic acids is 2. The van der Waals surface area contributed by atoms with Gasteiger partial charge in [-0.05, 0) is 66.9 Å². The van der Waals surface area contributed by atoms with Crippen molar-refractivity contribution >= 4 is 17.4 Å². The molecule has 0 spiro atoms. The van der Waals surface area contributed by atoms with Gasteiger partial charge in [-0.3, -0.25) is 9.59 Å². The normalized spacial score (nSPS) is 16.7. The Hall–Kier alpha value is -4.10. The molecule has 37 heavy (non-hydrogen) atoms. The molecule has 1 aliphatic rings. The van der Waals surface area contributed by atoms with Crippen LogP contribution in [0.1, 0.15) is 35.2 Å². The third kappa shape index (κ3) is 5.67. The van der Waals surface area contributed by atoms with E-state index in [1.807, 2.05) is 38.1 Å². The van der Waals surface area contributed by atoms with Crippen LogP contribution in [0.25, 0.3) is 5.76 Å². The number of amides is 1. The molecule has 0 radical (unpaired) electrons. The minimum atomic E-state index is -0.747. The molecule has 1 fully saturated rings. The first-order chi connectivity index (χ1) is 17.9. The summed E-state index contributed by atoms with van der Waals surface area (Å²) < 4.78 is 16.6. The second kappa shape index (κ2) is 11.8. The highest BCUT2D eigenvalue weighted by molar-refractivity contribution is 6.46. The summed E-state index contributed by atoms with van der Waals surface area (Å²) in [5.74, 6) is -0.324. The molecule has 0 saturated carbocycles. The summed E-state index contributed by atoms with van der Waals surface area (Å²) in [5, 5.41) is 11.2. The molecule has 7 heteroatoms. The zero-order valence-electron chi connectivity index (χ0n) is 21.3. The van der Waals surface area contributed by atoms with Crippen molar-refractivity contribution in [3.05, 3.63) is 101 Å². The Morgan fingerprint density at radius 1 is 0.919 bits per heavy atom. The van der Waals surface area contributed by atoms with Crippen molar-refractivity contribution in [1.82, 2.24) is 4.90 Å². The molecule has 0 bridgehead atoms. The Kier molecular flexibility index (Phi) is 8.25. The fraction of sp³-hybridized carbons (Fsp3) is 0.267. The average Bonchev–Trinajstić information content (AvgIpc) is 3.17. The van der Waals surface area contributed by atoms with Crippen LogP contribution in [-0.4, -0.2) is 48.6 Å².